The molecule has 5 nitrogen and oxygen atoms in total. The lowest BCUT2D eigenvalue weighted by molar-refractivity contribution is -0.141. The summed E-state index contributed by atoms with van der Waals surface area (Å²) in [6, 6.07) is -0.288. The van der Waals surface area contributed by atoms with Gasteiger partial charge in [-0.15, -0.1) is 0 Å². The molecule has 0 bridgehead atoms. The maximum Gasteiger partial charge on any atom is 0.233 e. The first-order chi connectivity index (χ1) is 8.58. The van der Waals surface area contributed by atoms with E-state index < -0.39 is 0 Å². The number of nitrogens with two attached hydrogens (primary N) is 1. The molecule has 5 heteroatoms. The van der Waals surface area contributed by atoms with Crippen LogP contribution in [0.2, 0.25) is 0 Å². The zero-order chi connectivity index (χ0) is 13.3. The molecule has 0 aromatic rings. The first kappa shape index (κ1) is 13.5. The minimum Gasteiger partial charge on any atom is -0.383 e. The van der Waals surface area contributed by atoms with Crippen LogP contribution in [0, 0.1) is 17.8 Å². The highest BCUT2D eigenvalue weighted by Crippen LogP contribution is 2.44. The van der Waals surface area contributed by atoms with Crippen molar-refractivity contribution < 1.29 is 14.3 Å². The number of rotatable bonds is 5. The molecule has 18 heavy (non-hydrogen) atoms. The van der Waals surface area contributed by atoms with Crippen molar-refractivity contribution in [2.75, 3.05) is 20.3 Å². The Morgan fingerprint density at radius 2 is 1.89 bits per heavy atom. The molecule has 2 N–H and O–H groups in total. The van der Waals surface area contributed by atoms with Gasteiger partial charge in [0.05, 0.1) is 18.4 Å². The molecule has 3 unspecified atom stereocenters. The SMILES string of the molecule is CCC1CC2C(=O)N(CC(N)COC)C(=O)C2C1. The lowest BCUT2D eigenvalue weighted by Crippen LogP contribution is -2.44. The van der Waals surface area contributed by atoms with Crippen LogP contribution in [0.3, 0.4) is 0 Å². The van der Waals surface area contributed by atoms with Gasteiger partial charge in [0, 0.05) is 19.7 Å². The zero-order valence-corrected chi connectivity index (χ0v) is 11.1. The van der Waals surface area contributed by atoms with Crippen LogP contribution in [0.15, 0.2) is 0 Å². The molecule has 0 aromatic heterocycles. The number of likely N-dealkylation sites (tertiary alicyclic amines) is 1. The van der Waals surface area contributed by atoms with Gasteiger partial charge in [-0.2, -0.15) is 0 Å². The van der Waals surface area contributed by atoms with Crippen molar-refractivity contribution in [3.8, 4) is 0 Å². The zero-order valence-electron chi connectivity index (χ0n) is 11.1. The molecule has 1 saturated carbocycles. The van der Waals surface area contributed by atoms with Gasteiger partial charge in [-0.1, -0.05) is 13.3 Å². The Morgan fingerprint density at radius 3 is 2.33 bits per heavy atom. The number of carbonyl (C=O) groups excluding carboxylic acids is 2. The molecule has 1 aliphatic carbocycles. The Balaban J connectivity index is 2.00. The van der Waals surface area contributed by atoms with Gasteiger partial charge in [-0.3, -0.25) is 14.5 Å². The van der Waals surface area contributed by atoms with Gasteiger partial charge in [0.2, 0.25) is 11.8 Å². The van der Waals surface area contributed by atoms with Crippen LogP contribution in [0.5, 0.6) is 0 Å². The van der Waals surface area contributed by atoms with Gasteiger partial charge in [0.1, 0.15) is 0 Å². The molecule has 2 amide bonds. The largest absolute Gasteiger partial charge is 0.383 e. The van der Waals surface area contributed by atoms with Gasteiger partial charge >= 0.3 is 0 Å². The fraction of sp³-hybridized carbons (Fsp3) is 0.846. The van der Waals surface area contributed by atoms with Crippen molar-refractivity contribution in [1.82, 2.24) is 4.90 Å². The molecule has 2 fully saturated rings. The van der Waals surface area contributed by atoms with E-state index in [-0.39, 0.29) is 36.2 Å². The summed E-state index contributed by atoms with van der Waals surface area (Å²) in [5, 5.41) is 0. The third kappa shape index (κ3) is 2.29. The summed E-state index contributed by atoms with van der Waals surface area (Å²) < 4.78 is 4.94. The van der Waals surface area contributed by atoms with Crippen LogP contribution in [0.1, 0.15) is 26.2 Å². The minimum absolute atomic E-state index is 0.0208. The van der Waals surface area contributed by atoms with Gasteiger partial charge in [0.25, 0.3) is 0 Å². The summed E-state index contributed by atoms with van der Waals surface area (Å²) >= 11 is 0. The first-order valence-electron chi connectivity index (χ1n) is 6.68. The number of fused-ring (bicyclic) bond motifs is 1. The smallest absolute Gasteiger partial charge is 0.233 e. The van der Waals surface area contributed by atoms with Crippen molar-refractivity contribution in [1.29, 1.82) is 0 Å². The molecule has 3 atom stereocenters. The average molecular weight is 254 g/mol. The number of hydrogen-bond donors (Lipinski definition) is 1. The Kier molecular flexibility index (Phi) is 4.02. The molecule has 2 rings (SSSR count). The lowest BCUT2D eigenvalue weighted by Gasteiger charge is -2.20. The van der Waals surface area contributed by atoms with Crippen LogP contribution >= 0.6 is 0 Å². The summed E-state index contributed by atoms with van der Waals surface area (Å²) in [4.78, 5) is 25.8. The van der Waals surface area contributed by atoms with Crippen molar-refractivity contribution >= 4 is 11.8 Å². The van der Waals surface area contributed by atoms with Crippen molar-refractivity contribution in [3.63, 3.8) is 0 Å². The van der Waals surface area contributed by atoms with E-state index in [1.54, 1.807) is 7.11 Å². The van der Waals surface area contributed by atoms with E-state index >= 15 is 0 Å². The third-order valence-corrected chi connectivity index (χ3v) is 4.20. The number of nitrogens with zero attached hydrogens (tertiary/aromatic N) is 1. The van der Waals surface area contributed by atoms with Gasteiger partial charge < -0.3 is 10.5 Å². The molecule has 1 heterocycles. The highest BCUT2D eigenvalue weighted by Gasteiger charge is 2.52. The van der Waals surface area contributed by atoms with Gasteiger partial charge in [-0.25, -0.2) is 0 Å². The fourth-order valence-corrected chi connectivity index (χ4v) is 3.21. The van der Waals surface area contributed by atoms with E-state index in [4.69, 9.17) is 10.5 Å². The van der Waals surface area contributed by atoms with Crippen LogP contribution < -0.4 is 5.73 Å². The number of ether oxygens (including phenoxy) is 1. The topological polar surface area (TPSA) is 72.6 Å². The van der Waals surface area contributed by atoms with Gasteiger partial charge in [0.15, 0.2) is 0 Å². The van der Waals surface area contributed by atoms with E-state index in [9.17, 15) is 9.59 Å². The van der Waals surface area contributed by atoms with Crippen LogP contribution in [0.4, 0.5) is 0 Å². The lowest BCUT2D eigenvalue weighted by atomic mass is 10.00. The molecule has 0 radical (unpaired) electrons. The predicted molar refractivity (Wildman–Crippen MR) is 66.6 cm³/mol. The Labute approximate surface area is 108 Å². The molecule has 1 saturated heterocycles. The van der Waals surface area contributed by atoms with Crippen molar-refractivity contribution in [3.05, 3.63) is 0 Å². The van der Waals surface area contributed by atoms with E-state index in [1.165, 1.54) is 4.90 Å². The number of methoxy groups -OCH3 is 1. The quantitative estimate of drug-likeness (QED) is 0.720. The second-order valence-electron chi connectivity index (χ2n) is 5.46. The van der Waals surface area contributed by atoms with Crippen LogP contribution in [-0.2, 0) is 14.3 Å². The monoisotopic (exact) mass is 254 g/mol. The maximum atomic E-state index is 12.2. The van der Waals surface area contributed by atoms with E-state index in [2.05, 4.69) is 6.92 Å². The van der Waals surface area contributed by atoms with E-state index in [0.29, 0.717) is 12.5 Å². The fourth-order valence-electron chi connectivity index (χ4n) is 3.21. The third-order valence-electron chi connectivity index (χ3n) is 4.20. The Morgan fingerprint density at radius 1 is 1.33 bits per heavy atom. The first-order valence-corrected chi connectivity index (χ1v) is 6.68. The summed E-state index contributed by atoms with van der Waals surface area (Å²) in [5.41, 5.74) is 5.82. The molecule has 0 spiro atoms. The van der Waals surface area contributed by atoms with Crippen LogP contribution in [-0.4, -0.2) is 43.0 Å². The Hall–Kier alpha value is -0.940. The maximum absolute atomic E-state index is 12.2. The average Bonchev–Trinajstić information content (AvgIpc) is 2.86. The predicted octanol–water partition coefficient (Wildman–Crippen LogP) is 0.381. The molecule has 1 aliphatic heterocycles. The summed E-state index contributed by atoms with van der Waals surface area (Å²) in [7, 11) is 1.56. The molecular formula is C13H22N2O3. The molecule has 2 aliphatic rings. The standard InChI is InChI=1S/C13H22N2O3/c1-3-8-4-10-11(5-8)13(17)15(12(10)16)6-9(14)7-18-2/h8-11H,3-7,14H2,1-2H3. The number of imide groups is 1. The van der Waals surface area contributed by atoms with Crippen molar-refractivity contribution in [2.24, 2.45) is 23.5 Å². The van der Waals surface area contributed by atoms with E-state index in [0.717, 1.165) is 19.3 Å². The molecule has 102 valence electrons. The number of hydrogen-bond acceptors (Lipinski definition) is 4. The van der Waals surface area contributed by atoms with Gasteiger partial charge in [-0.05, 0) is 18.8 Å². The Bertz CT molecular complexity index is 321. The molecular weight excluding hydrogens is 232 g/mol. The highest BCUT2D eigenvalue weighted by molar-refractivity contribution is 6.05. The normalized spacial score (nSPS) is 33.1. The second kappa shape index (κ2) is 5.36. The van der Waals surface area contributed by atoms with Crippen molar-refractivity contribution in [2.45, 2.75) is 32.2 Å². The summed E-state index contributed by atoms with van der Waals surface area (Å²) in [6.45, 7) is 2.77. The van der Waals surface area contributed by atoms with E-state index in [1.807, 2.05) is 0 Å². The number of carbonyl (C=O) groups is 2. The second-order valence-corrected chi connectivity index (χ2v) is 5.46. The highest BCUT2D eigenvalue weighted by atomic mass is 16.5. The van der Waals surface area contributed by atoms with Crippen LogP contribution in [0.25, 0.3) is 0 Å². The number of amides is 2. The summed E-state index contributed by atoms with van der Waals surface area (Å²) in [6.07, 6.45) is 2.78. The molecule has 0 aromatic carbocycles. The minimum atomic E-state index is -0.288. The summed E-state index contributed by atoms with van der Waals surface area (Å²) in [5.74, 6) is 0.317.